The molecule has 0 spiro atoms. The monoisotopic (exact) mass is 319 g/mol. The van der Waals surface area contributed by atoms with Gasteiger partial charge in [-0.05, 0) is 34.0 Å². The average Bonchev–Trinajstić information content (AvgIpc) is 3.30. The van der Waals surface area contributed by atoms with Gasteiger partial charge in [0.2, 0.25) is 0 Å². The molecule has 4 rings (SSSR count). The summed E-state index contributed by atoms with van der Waals surface area (Å²) >= 11 is 0. The van der Waals surface area contributed by atoms with Crippen LogP contribution in [0.25, 0.3) is 0 Å². The van der Waals surface area contributed by atoms with Gasteiger partial charge in [-0.3, -0.25) is 4.79 Å². The van der Waals surface area contributed by atoms with E-state index in [4.69, 9.17) is 0 Å². The highest BCUT2D eigenvalue weighted by Gasteiger charge is 2.31. The number of carbonyl (C=O) groups excluding carboxylic acids is 1. The van der Waals surface area contributed by atoms with Crippen LogP contribution in [0.4, 0.5) is 5.69 Å². The zero-order valence-electron chi connectivity index (χ0n) is 13.1. The summed E-state index contributed by atoms with van der Waals surface area (Å²) in [6.45, 7) is 0.700. The van der Waals surface area contributed by atoms with Crippen molar-refractivity contribution in [2.45, 2.75) is 18.9 Å². The van der Waals surface area contributed by atoms with Crippen molar-refractivity contribution in [3.05, 3.63) is 72.1 Å². The first-order valence-corrected chi connectivity index (χ1v) is 7.98. The maximum atomic E-state index is 13.2. The van der Waals surface area contributed by atoms with E-state index in [9.17, 15) is 4.79 Å². The molecule has 1 amide bonds. The van der Waals surface area contributed by atoms with Crippen LogP contribution in [0.3, 0.4) is 0 Å². The van der Waals surface area contributed by atoms with Crippen molar-refractivity contribution in [1.82, 2.24) is 20.2 Å². The van der Waals surface area contributed by atoms with Crippen LogP contribution in [-0.4, -0.2) is 32.7 Å². The number of tetrazole rings is 1. The van der Waals surface area contributed by atoms with E-state index < -0.39 is 6.04 Å². The molecule has 1 atom stereocenters. The fraction of sp³-hybridized carbons (Fsp3) is 0.222. The number of rotatable bonds is 4. The first-order chi connectivity index (χ1) is 11.8. The molecule has 2 aromatic carbocycles. The molecule has 6 nitrogen and oxygen atoms in total. The van der Waals surface area contributed by atoms with Crippen LogP contribution in [0.5, 0.6) is 0 Å². The number of fused-ring (bicyclic) bond motifs is 1. The van der Waals surface area contributed by atoms with Crippen molar-refractivity contribution in [3.63, 3.8) is 0 Å². The van der Waals surface area contributed by atoms with Crippen molar-refractivity contribution in [1.29, 1.82) is 0 Å². The largest absolute Gasteiger partial charge is 0.310 e. The van der Waals surface area contributed by atoms with Crippen molar-refractivity contribution in [2.24, 2.45) is 0 Å². The summed E-state index contributed by atoms with van der Waals surface area (Å²) in [5, 5.41) is 11.4. The number of anilines is 1. The third-order valence-corrected chi connectivity index (χ3v) is 4.39. The molecule has 0 fully saturated rings. The highest BCUT2D eigenvalue weighted by atomic mass is 16.2. The van der Waals surface area contributed by atoms with Gasteiger partial charge in [-0.1, -0.05) is 48.5 Å². The molecule has 1 aliphatic rings. The molecule has 0 radical (unpaired) electrons. The Morgan fingerprint density at radius 1 is 1.08 bits per heavy atom. The Morgan fingerprint density at radius 2 is 1.88 bits per heavy atom. The van der Waals surface area contributed by atoms with Crippen LogP contribution in [-0.2, 0) is 17.6 Å². The molecule has 0 N–H and O–H groups in total. The third kappa shape index (κ3) is 2.67. The number of aromatic nitrogens is 4. The SMILES string of the molecule is O=C([C@H](Cc1ccccc1)n1cnnn1)N1CCc2ccccc21. The number of carbonyl (C=O) groups is 1. The predicted molar refractivity (Wildman–Crippen MR) is 89.5 cm³/mol. The number of hydrogen-bond donors (Lipinski definition) is 0. The van der Waals surface area contributed by atoms with Crippen LogP contribution < -0.4 is 4.90 Å². The van der Waals surface area contributed by atoms with Gasteiger partial charge < -0.3 is 4.90 Å². The molecule has 1 aliphatic heterocycles. The lowest BCUT2D eigenvalue weighted by molar-refractivity contribution is -0.122. The standard InChI is InChI=1S/C18H17N5O/c24-18(22-11-10-15-8-4-5-9-16(15)22)17(23-13-19-20-21-23)12-14-6-2-1-3-7-14/h1-9,13,17H,10-12H2/t17-/m0/s1. The summed E-state index contributed by atoms with van der Waals surface area (Å²) in [6.07, 6.45) is 2.95. The summed E-state index contributed by atoms with van der Waals surface area (Å²) in [5.41, 5.74) is 3.29. The highest BCUT2D eigenvalue weighted by Crippen LogP contribution is 2.30. The summed E-state index contributed by atoms with van der Waals surface area (Å²) in [6, 6.07) is 17.5. The minimum atomic E-state index is -0.450. The van der Waals surface area contributed by atoms with Gasteiger partial charge in [0.05, 0.1) is 0 Å². The smallest absolute Gasteiger partial charge is 0.252 e. The van der Waals surface area contributed by atoms with Crippen molar-refractivity contribution in [3.8, 4) is 0 Å². The van der Waals surface area contributed by atoms with Crippen LogP contribution in [0, 0.1) is 0 Å². The molecule has 3 aromatic rings. The fourth-order valence-corrected chi connectivity index (χ4v) is 3.19. The van der Waals surface area contributed by atoms with Crippen molar-refractivity contribution >= 4 is 11.6 Å². The molecule has 1 aromatic heterocycles. The van der Waals surface area contributed by atoms with Crippen molar-refractivity contribution < 1.29 is 4.79 Å². The average molecular weight is 319 g/mol. The quantitative estimate of drug-likeness (QED) is 0.738. The molecule has 0 saturated heterocycles. The molecule has 0 bridgehead atoms. The first kappa shape index (κ1) is 14.6. The predicted octanol–water partition coefficient (Wildman–Crippen LogP) is 2.05. The van der Waals surface area contributed by atoms with Gasteiger partial charge in [-0.25, -0.2) is 4.68 Å². The number of amides is 1. The Hall–Kier alpha value is -3.02. The van der Waals surface area contributed by atoms with Gasteiger partial charge in [-0.2, -0.15) is 0 Å². The fourth-order valence-electron chi connectivity index (χ4n) is 3.19. The van der Waals surface area contributed by atoms with E-state index in [2.05, 4.69) is 21.6 Å². The number of para-hydroxylation sites is 1. The van der Waals surface area contributed by atoms with Crippen LogP contribution >= 0.6 is 0 Å². The summed E-state index contributed by atoms with van der Waals surface area (Å²) in [4.78, 5) is 15.1. The van der Waals surface area contributed by atoms with E-state index in [0.717, 1.165) is 17.7 Å². The van der Waals surface area contributed by atoms with Crippen LogP contribution in [0.15, 0.2) is 60.9 Å². The van der Waals surface area contributed by atoms with Crippen LogP contribution in [0.2, 0.25) is 0 Å². The minimum absolute atomic E-state index is 0.0242. The lowest BCUT2D eigenvalue weighted by atomic mass is 10.0. The van der Waals surface area contributed by atoms with E-state index in [0.29, 0.717) is 13.0 Å². The topological polar surface area (TPSA) is 63.9 Å². The zero-order valence-corrected chi connectivity index (χ0v) is 13.1. The van der Waals surface area contributed by atoms with Gasteiger partial charge in [0.1, 0.15) is 12.4 Å². The van der Waals surface area contributed by atoms with Gasteiger partial charge in [-0.15, -0.1) is 5.10 Å². The molecule has 120 valence electrons. The van der Waals surface area contributed by atoms with Crippen molar-refractivity contribution in [2.75, 3.05) is 11.4 Å². The Balaban J connectivity index is 1.65. The molecular weight excluding hydrogens is 302 g/mol. The Labute approximate surface area is 139 Å². The molecular formula is C18H17N5O. The summed E-state index contributed by atoms with van der Waals surface area (Å²) in [5.74, 6) is 0.0242. The number of hydrogen-bond acceptors (Lipinski definition) is 4. The normalized spacial score (nSPS) is 14.4. The molecule has 0 aliphatic carbocycles. The highest BCUT2D eigenvalue weighted by molar-refractivity contribution is 5.98. The lowest BCUT2D eigenvalue weighted by Gasteiger charge is -2.23. The second-order valence-corrected chi connectivity index (χ2v) is 5.86. The zero-order chi connectivity index (χ0) is 16.4. The first-order valence-electron chi connectivity index (χ1n) is 7.98. The van der Waals surface area contributed by atoms with E-state index in [1.807, 2.05) is 53.4 Å². The maximum Gasteiger partial charge on any atom is 0.252 e. The summed E-state index contributed by atoms with van der Waals surface area (Å²) in [7, 11) is 0. The number of benzene rings is 2. The Bertz CT molecular complexity index is 832. The lowest BCUT2D eigenvalue weighted by Crippen LogP contribution is -2.37. The molecule has 0 unspecified atom stereocenters. The van der Waals surface area contributed by atoms with E-state index >= 15 is 0 Å². The minimum Gasteiger partial charge on any atom is -0.310 e. The second kappa shape index (κ2) is 6.23. The Morgan fingerprint density at radius 3 is 2.67 bits per heavy atom. The molecule has 6 heteroatoms. The second-order valence-electron chi connectivity index (χ2n) is 5.86. The van der Waals surface area contributed by atoms with Gasteiger partial charge in [0, 0.05) is 18.7 Å². The van der Waals surface area contributed by atoms with E-state index in [-0.39, 0.29) is 5.91 Å². The van der Waals surface area contributed by atoms with Gasteiger partial charge in [0.25, 0.3) is 5.91 Å². The van der Waals surface area contributed by atoms with E-state index in [1.54, 1.807) is 4.68 Å². The summed E-state index contributed by atoms with van der Waals surface area (Å²) < 4.78 is 1.55. The molecule has 0 saturated carbocycles. The van der Waals surface area contributed by atoms with Gasteiger partial charge >= 0.3 is 0 Å². The maximum absolute atomic E-state index is 13.2. The number of nitrogens with zero attached hydrogens (tertiary/aromatic N) is 5. The van der Waals surface area contributed by atoms with Crippen LogP contribution in [0.1, 0.15) is 17.2 Å². The van der Waals surface area contributed by atoms with Gasteiger partial charge in [0.15, 0.2) is 0 Å². The van der Waals surface area contributed by atoms with E-state index in [1.165, 1.54) is 11.9 Å². The third-order valence-electron chi connectivity index (χ3n) is 4.39. The molecule has 2 heterocycles. The Kier molecular flexibility index (Phi) is 3.78. The molecule has 24 heavy (non-hydrogen) atoms.